The van der Waals surface area contributed by atoms with Gasteiger partial charge in [0.2, 0.25) is 0 Å². The molecule has 0 bridgehead atoms. The standard InChI is InChI=1S/C20H20O3/c1-22-18-9-5-6-15(13-18)12-16-14-19(10-11-20(16)21)23-17-7-3-2-4-8-17/h2-9,12-13,19H,10-11,14H2,1H3/b16-12-. The fourth-order valence-electron chi connectivity index (χ4n) is 2.78. The zero-order chi connectivity index (χ0) is 16.1. The minimum Gasteiger partial charge on any atom is -0.497 e. The molecular formula is C20H20O3. The number of methoxy groups -OCH3 is 1. The molecule has 0 heterocycles. The van der Waals surface area contributed by atoms with Crippen LogP contribution in [0.2, 0.25) is 0 Å². The minimum absolute atomic E-state index is 0.0481. The maximum Gasteiger partial charge on any atom is 0.159 e. The van der Waals surface area contributed by atoms with Crippen molar-refractivity contribution in [2.75, 3.05) is 7.11 Å². The van der Waals surface area contributed by atoms with Crippen molar-refractivity contribution in [3.63, 3.8) is 0 Å². The molecule has 1 saturated carbocycles. The predicted octanol–water partition coefficient (Wildman–Crippen LogP) is 4.28. The Kier molecular flexibility index (Phi) is 4.77. The van der Waals surface area contributed by atoms with Crippen LogP contribution in [0.25, 0.3) is 6.08 Å². The average Bonchev–Trinajstić information content (AvgIpc) is 2.59. The molecule has 3 rings (SSSR count). The Morgan fingerprint density at radius 2 is 1.83 bits per heavy atom. The molecule has 3 nitrogen and oxygen atoms in total. The van der Waals surface area contributed by atoms with E-state index >= 15 is 0 Å². The summed E-state index contributed by atoms with van der Waals surface area (Å²) in [5, 5.41) is 0. The lowest BCUT2D eigenvalue weighted by Crippen LogP contribution is -2.26. The molecule has 0 saturated heterocycles. The predicted molar refractivity (Wildman–Crippen MR) is 90.7 cm³/mol. The minimum atomic E-state index is 0.0481. The Balaban J connectivity index is 1.75. The van der Waals surface area contributed by atoms with E-state index in [4.69, 9.17) is 9.47 Å². The number of carbonyl (C=O) groups is 1. The van der Waals surface area contributed by atoms with Crippen LogP contribution in [0, 0.1) is 0 Å². The van der Waals surface area contributed by atoms with Gasteiger partial charge in [-0.2, -0.15) is 0 Å². The molecule has 1 fully saturated rings. The van der Waals surface area contributed by atoms with Crippen molar-refractivity contribution in [1.29, 1.82) is 0 Å². The van der Waals surface area contributed by atoms with Crippen molar-refractivity contribution in [3.05, 3.63) is 65.7 Å². The summed E-state index contributed by atoms with van der Waals surface area (Å²) in [7, 11) is 1.64. The number of ketones is 1. The third-order valence-corrected chi connectivity index (χ3v) is 3.98. The van der Waals surface area contributed by atoms with Gasteiger partial charge < -0.3 is 9.47 Å². The molecule has 1 unspecified atom stereocenters. The Bertz CT molecular complexity index is 704. The molecule has 118 valence electrons. The zero-order valence-electron chi connectivity index (χ0n) is 13.2. The van der Waals surface area contributed by atoms with E-state index in [1.807, 2.05) is 60.7 Å². The number of carbonyl (C=O) groups excluding carboxylic acids is 1. The van der Waals surface area contributed by atoms with Gasteiger partial charge in [-0.25, -0.2) is 0 Å². The fraction of sp³-hybridized carbons (Fsp3) is 0.250. The Labute approximate surface area is 136 Å². The number of rotatable bonds is 4. The van der Waals surface area contributed by atoms with Crippen LogP contribution in [0.1, 0.15) is 24.8 Å². The number of hydrogen-bond donors (Lipinski definition) is 0. The maximum absolute atomic E-state index is 12.2. The van der Waals surface area contributed by atoms with Crippen LogP contribution >= 0.6 is 0 Å². The first-order chi connectivity index (χ1) is 11.2. The molecule has 0 spiro atoms. The number of ether oxygens (including phenoxy) is 2. The van der Waals surface area contributed by atoms with Crippen LogP contribution in [0.3, 0.4) is 0 Å². The highest BCUT2D eigenvalue weighted by atomic mass is 16.5. The normalized spacial score (nSPS) is 19.6. The molecule has 0 amide bonds. The van der Waals surface area contributed by atoms with E-state index in [0.29, 0.717) is 12.8 Å². The number of benzene rings is 2. The van der Waals surface area contributed by atoms with Crippen molar-refractivity contribution >= 4 is 11.9 Å². The highest BCUT2D eigenvalue weighted by Gasteiger charge is 2.24. The van der Waals surface area contributed by atoms with E-state index in [1.54, 1.807) is 7.11 Å². The maximum atomic E-state index is 12.2. The number of hydrogen-bond acceptors (Lipinski definition) is 3. The van der Waals surface area contributed by atoms with E-state index in [2.05, 4.69) is 0 Å². The first kappa shape index (κ1) is 15.3. The van der Waals surface area contributed by atoms with Gasteiger partial charge in [0.05, 0.1) is 7.11 Å². The first-order valence-electron chi connectivity index (χ1n) is 7.84. The second kappa shape index (κ2) is 7.14. The third kappa shape index (κ3) is 4.01. The largest absolute Gasteiger partial charge is 0.497 e. The summed E-state index contributed by atoms with van der Waals surface area (Å²) in [6, 6.07) is 17.5. The highest BCUT2D eigenvalue weighted by molar-refractivity contribution is 6.00. The van der Waals surface area contributed by atoms with Gasteiger partial charge in [0.15, 0.2) is 5.78 Å². The summed E-state index contributed by atoms with van der Waals surface area (Å²) in [5.74, 6) is 1.85. The Morgan fingerprint density at radius 1 is 1.04 bits per heavy atom. The van der Waals surface area contributed by atoms with Crippen molar-refractivity contribution < 1.29 is 14.3 Å². The van der Waals surface area contributed by atoms with Crippen LogP contribution in [0.5, 0.6) is 11.5 Å². The summed E-state index contributed by atoms with van der Waals surface area (Å²) >= 11 is 0. The molecule has 0 aromatic heterocycles. The van der Waals surface area contributed by atoms with Crippen molar-refractivity contribution in [1.82, 2.24) is 0 Å². The second-order valence-electron chi connectivity index (χ2n) is 5.67. The SMILES string of the molecule is COc1cccc(/C=C2/CC(Oc3ccccc3)CCC2=O)c1. The molecule has 1 atom stereocenters. The van der Waals surface area contributed by atoms with Crippen LogP contribution in [-0.2, 0) is 4.79 Å². The van der Waals surface area contributed by atoms with Gasteiger partial charge in [-0.15, -0.1) is 0 Å². The quantitative estimate of drug-likeness (QED) is 0.791. The first-order valence-corrected chi connectivity index (χ1v) is 7.84. The summed E-state index contributed by atoms with van der Waals surface area (Å²) < 4.78 is 11.2. The van der Waals surface area contributed by atoms with Crippen molar-refractivity contribution in [3.8, 4) is 11.5 Å². The lowest BCUT2D eigenvalue weighted by molar-refractivity contribution is -0.117. The van der Waals surface area contributed by atoms with Gasteiger partial charge in [-0.05, 0) is 47.9 Å². The topological polar surface area (TPSA) is 35.5 Å². The smallest absolute Gasteiger partial charge is 0.159 e. The molecule has 2 aromatic carbocycles. The number of para-hydroxylation sites is 1. The van der Waals surface area contributed by atoms with Gasteiger partial charge in [0.25, 0.3) is 0 Å². The molecule has 1 aliphatic rings. The van der Waals surface area contributed by atoms with Crippen LogP contribution < -0.4 is 9.47 Å². The van der Waals surface area contributed by atoms with E-state index < -0.39 is 0 Å². The second-order valence-corrected chi connectivity index (χ2v) is 5.67. The molecule has 0 radical (unpaired) electrons. The molecule has 1 aliphatic carbocycles. The van der Waals surface area contributed by atoms with Gasteiger partial charge in [-0.1, -0.05) is 30.3 Å². The highest BCUT2D eigenvalue weighted by Crippen LogP contribution is 2.27. The molecule has 23 heavy (non-hydrogen) atoms. The molecule has 3 heteroatoms. The van der Waals surface area contributed by atoms with E-state index in [1.165, 1.54) is 0 Å². The van der Waals surface area contributed by atoms with E-state index in [9.17, 15) is 4.79 Å². The van der Waals surface area contributed by atoms with Gasteiger partial charge >= 0.3 is 0 Å². The van der Waals surface area contributed by atoms with E-state index in [-0.39, 0.29) is 11.9 Å². The Hall–Kier alpha value is -2.55. The third-order valence-electron chi connectivity index (χ3n) is 3.98. The van der Waals surface area contributed by atoms with Crippen LogP contribution in [-0.4, -0.2) is 19.0 Å². The lowest BCUT2D eigenvalue weighted by Gasteiger charge is -2.24. The monoisotopic (exact) mass is 308 g/mol. The van der Waals surface area contributed by atoms with E-state index in [0.717, 1.165) is 29.1 Å². The van der Waals surface area contributed by atoms with Crippen molar-refractivity contribution in [2.45, 2.75) is 25.4 Å². The summed E-state index contributed by atoms with van der Waals surface area (Å²) in [4.78, 5) is 12.2. The van der Waals surface area contributed by atoms with Gasteiger partial charge in [-0.3, -0.25) is 4.79 Å². The lowest BCUT2D eigenvalue weighted by atomic mass is 9.90. The molecule has 2 aromatic rings. The van der Waals surface area contributed by atoms with Gasteiger partial charge in [0, 0.05) is 12.8 Å². The Morgan fingerprint density at radius 3 is 2.61 bits per heavy atom. The average molecular weight is 308 g/mol. The summed E-state index contributed by atoms with van der Waals surface area (Å²) in [5.41, 5.74) is 1.80. The molecule has 0 aliphatic heterocycles. The van der Waals surface area contributed by atoms with Gasteiger partial charge in [0.1, 0.15) is 17.6 Å². The van der Waals surface area contributed by atoms with Crippen LogP contribution in [0.4, 0.5) is 0 Å². The fourth-order valence-corrected chi connectivity index (χ4v) is 2.78. The van der Waals surface area contributed by atoms with Crippen LogP contribution in [0.15, 0.2) is 60.2 Å². The summed E-state index contributed by atoms with van der Waals surface area (Å²) in [6.07, 6.45) is 3.94. The zero-order valence-corrected chi connectivity index (χ0v) is 13.2. The van der Waals surface area contributed by atoms with Crippen molar-refractivity contribution in [2.24, 2.45) is 0 Å². The molecule has 0 N–H and O–H groups in total. The molecular weight excluding hydrogens is 288 g/mol. The number of Topliss-reactive ketones (excluding diaryl/α,β-unsaturated/α-hetero) is 1. The summed E-state index contributed by atoms with van der Waals surface area (Å²) in [6.45, 7) is 0.